The lowest BCUT2D eigenvalue weighted by Gasteiger charge is -2.37. The lowest BCUT2D eigenvalue weighted by Crippen LogP contribution is -2.50. The van der Waals surface area contributed by atoms with Crippen molar-refractivity contribution < 1.29 is 9.53 Å². The molecule has 1 aromatic carbocycles. The minimum atomic E-state index is -0.459. The van der Waals surface area contributed by atoms with Crippen LogP contribution in [0.4, 0.5) is 10.5 Å². The van der Waals surface area contributed by atoms with Crippen LogP contribution in [0.5, 0.6) is 0 Å². The molecule has 0 radical (unpaired) electrons. The Hall–Kier alpha value is -1.69. The van der Waals surface area contributed by atoms with Gasteiger partial charge in [0.05, 0.1) is 11.2 Å². The van der Waals surface area contributed by atoms with Gasteiger partial charge in [0.2, 0.25) is 0 Å². The van der Waals surface area contributed by atoms with Crippen molar-refractivity contribution in [2.45, 2.75) is 52.7 Å². The van der Waals surface area contributed by atoms with Crippen molar-refractivity contribution in [3.05, 3.63) is 28.9 Å². The van der Waals surface area contributed by atoms with Gasteiger partial charge >= 0.3 is 6.09 Å². The molecule has 1 saturated heterocycles. The molecule has 0 aliphatic carbocycles. The van der Waals surface area contributed by atoms with Crippen LogP contribution in [-0.4, -0.2) is 47.3 Å². The van der Waals surface area contributed by atoms with E-state index in [1.807, 2.05) is 20.8 Å². The van der Waals surface area contributed by atoms with E-state index in [1.165, 1.54) is 16.6 Å². The van der Waals surface area contributed by atoms with E-state index in [4.69, 9.17) is 4.74 Å². The Morgan fingerprint density at radius 3 is 2.19 bits per heavy atom. The fraction of sp³-hybridized carbons (Fsp3) is 0.571. The third-order valence-corrected chi connectivity index (χ3v) is 5.46. The van der Waals surface area contributed by atoms with Crippen molar-refractivity contribution in [1.29, 1.82) is 0 Å². The summed E-state index contributed by atoms with van der Waals surface area (Å²) in [6, 6.07) is 6.47. The summed E-state index contributed by atoms with van der Waals surface area (Å²) in [6.07, 6.45) is 1.94. The highest BCUT2D eigenvalue weighted by Crippen LogP contribution is 2.36. The van der Waals surface area contributed by atoms with Crippen LogP contribution in [0.1, 0.15) is 41.5 Å². The van der Waals surface area contributed by atoms with Crippen molar-refractivity contribution in [1.82, 2.24) is 9.47 Å². The molecule has 1 aromatic heterocycles. The summed E-state index contributed by atoms with van der Waals surface area (Å²) in [7, 11) is 0. The molecule has 27 heavy (non-hydrogen) atoms. The average molecular weight is 436 g/mol. The van der Waals surface area contributed by atoms with Crippen LogP contribution in [0.25, 0.3) is 10.9 Å². The van der Waals surface area contributed by atoms with Crippen LogP contribution in [0.3, 0.4) is 0 Å². The Morgan fingerprint density at radius 2 is 1.63 bits per heavy atom. The van der Waals surface area contributed by atoms with Gasteiger partial charge < -0.3 is 19.1 Å². The van der Waals surface area contributed by atoms with Crippen molar-refractivity contribution >= 4 is 38.6 Å². The normalized spacial score (nSPS) is 16.1. The highest BCUT2D eigenvalue weighted by Gasteiger charge is 2.28. The maximum Gasteiger partial charge on any atom is 0.410 e. The van der Waals surface area contributed by atoms with Gasteiger partial charge in [0.25, 0.3) is 0 Å². The van der Waals surface area contributed by atoms with E-state index in [0.717, 1.165) is 17.6 Å². The first-order valence-electron chi connectivity index (χ1n) is 9.50. The number of fused-ring (bicyclic) bond motifs is 1. The smallest absolute Gasteiger partial charge is 0.410 e. The van der Waals surface area contributed by atoms with Crippen LogP contribution in [0.15, 0.2) is 28.9 Å². The lowest BCUT2D eigenvalue weighted by molar-refractivity contribution is 0.0240. The minimum absolute atomic E-state index is 0.00434. The number of aromatic nitrogens is 1. The van der Waals surface area contributed by atoms with Gasteiger partial charge in [-0.1, -0.05) is 15.9 Å². The number of anilines is 1. The molecular formula is C21H30BrN3O2. The Labute approximate surface area is 170 Å². The molecule has 2 aromatic rings. The molecule has 3 rings (SSSR count). The molecule has 1 aliphatic heterocycles. The summed E-state index contributed by atoms with van der Waals surface area (Å²) in [6.45, 7) is 15.3. The molecule has 0 spiro atoms. The molecule has 148 valence electrons. The van der Waals surface area contributed by atoms with Gasteiger partial charge in [-0.25, -0.2) is 4.79 Å². The second-order valence-electron chi connectivity index (χ2n) is 9.14. The number of hydrogen-bond acceptors (Lipinski definition) is 3. The van der Waals surface area contributed by atoms with Crippen molar-refractivity contribution in [2.75, 3.05) is 31.1 Å². The monoisotopic (exact) mass is 435 g/mol. The Kier molecular flexibility index (Phi) is 5.23. The van der Waals surface area contributed by atoms with Gasteiger partial charge in [-0.15, -0.1) is 0 Å². The van der Waals surface area contributed by atoms with Gasteiger partial charge in [-0.3, -0.25) is 0 Å². The first kappa shape index (κ1) is 20.1. The third-order valence-electron chi connectivity index (χ3n) is 4.77. The summed E-state index contributed by atoms with van der Waals surface area (Å²) in [4.78, 5) is 16.5. The number of amides is 1. The largest absolute Gasteiger partial charge is 0.444 e. The Morgan fingerprint density at radius 1 is 1.00 bits per heavy atom. The van der Waals surface area contributed by atoms with Crippen LogP contribution >= 0.6 is 15.9 Å². The molecule has 0 saturated carbocycles. The number of nitrogens with zero attached hydrogens (tertiary/aromatic N) is 3. The van der Waals surface area contributed by atoms with E-state index in [0.29, 0.717) is 13.1 Å². The molecule has 1 aliphatic rings. The number of hydrogen-bond donors (Lipinski definition) is 0. The number of carbonyl (C=O) groups is 1. The number of halogens is 1. The minimum Gasteiger partial charge on any atom is -0.444 e. The van der Waals surface area contributed by atoms with Crippen molar-refractivity contribution in [3.63, 3.8) is 0 Å². The first-order chi connectivity index (χ1) is 12.5. The van der Waals surface area contributed by atoms with Crippen LogP contribution in [0.2, 0.25) is 0 Å². The van der Waals surface area contributed by atoms with E-state index in [9.17, 15) is 4.79 Å². The molecule has 1 amide bonds. The second-order valence-corrected chi connectivity index (χ2v) is 9.99. The van der Waals surface area contributed by atoms with E-state index in [2.05, 4.69) is 70.6 Å². The molecule has 5 nitrogen and oxygen atoms in total. The first-order valence-corrected chi connectivity index (χ1v) is 10.3. The SMILES string of the molecule is CC(C)(C)OC(=O)N1CCN(c2ccc(Br)c3ccn(C(C)(C)C)c23)CC1. The highest BCUT2D eigenvalue weighted by atomic mass is 79.9. The zero-order valence-electron chi connectivity index (χ0n) is 17.2. The number of ether oxygens (including phenoxy) is 1. The molecule has 0 atom stereocenters. The maximum absolute atomic E-state index is 12.3. The Balaban J connectivity index is 1.85. The molecule has 2 heterocycles. The molecule has 0 bridgehead atoms. The van der Waals surface area contributed by atoms with E-state index >= 15 is 0 Å². The van der Waals surface area contributed by atoms with Crippen LogP contribution in [-0.2, 0) is 10.3 Å². The number of carbonyl (C=O) groups excluding carboxylic acids is 1. The second kappa shape index (κ2) is 7.04. The van der Waals surface area contributed by atoms with Gasteiger partial charge in [0, 0.05) is 47.8 Å². The number of piperazine rings is 1. The zero-order valence-corrected chi connectivity index (χ0v) is 18.8. The van der Waals surface area contributed by atoms with Crippen molar-refractivity contribution in [3.8, 4) is 0 Å². The summed E-state index contributed by atoms with van der Waals surface area (Å²) in [5.74, 6) is 0. The third kappa shape index (κ3) is 4.26. The summed E-state index contributed by atoms with van der Waals surface area (Å²) in [5.41, 5.74) is 1.99. The van der Waals surface area contributed by atoms with Crippen LogP contribution in [0, 0.1) is 0 Å². The quantitative estimate of drug-likeness (QED) is 0.616. The molecule has 6 heteroatoms. The molecule has 1 fully saturated rings. The van der Waals surface area contributed by atoms with Gasteiger partial charge in [0.15, 0.2) is 0 Å². The van der Waals surface area contributed by atoms with Crippen LogP contribution < -0.4 is 4.90 Å². The summed E-state index contributed by atoms with van der Waals surface area (Å²) >= 11 is 3.69. The van der Waals surface area contributed by atoms with Gasteiger partial charge in [-0.05, 0) is 59.7 Å². The maximum atomic E-state index is 12.3. The number of benzene rings is 1. The molecular weight excluding hydrogens is 406 g/mol. The summed E-state index contributed by atoms with van der Waals surface area (Å²) < 4.78 is 8.96. The standard InChI is InChI=1S/C21H30BrN3O2/c1-20(2,3)25-10-9-15-16(22)7-8-17(18(15)25)23-11-13-24(14-12-23)19(26)27-21(4,5)6/h7-10H,11-14H2,1-6H3. The van der Waals surface area contributed by atoms with E-state index in [-0.39, 0.29) is 11.6 Å². The van der Waals surface area contributed by atoms with Gasteiger partial charge in [0.1, 0.15) is 5.60 Å². The van der Waals surface area contributed by atoms with Gasteiger partial charge in [-0.2, -0.15) is 0 Å². The fourth-order valence-electron chi connectivity index (χ4n) is 3.48. The lowest BCUT2D eigenvalue weighted by atomic mass is 10.1. The topological polar surface area (TPSA) is 37.7 Å². The predicted octanol–water partition coefficient (Wildman–Crippen LogP) is 5.22. The number of rotatable bonds is 1. The molecule has 0 unspecified atom stereocenters. The fourth-order valence-corrected chi connectivity index (χ4v) is 3.93. The summed E-state index contributed by atoms with van der Waals surface area (Å²) in [5, 5.41) is 1.22. The average Bonchev–Trinajstić information content (AvgIpc) is 3.00. The molecule has 0 N–H and O–H groups in total. The van der Waals surface area contributed by atoms with E-state index < -0.39 is 5.60 Å². The zero-order chi connectivity index (χ0) is 20.0. The highest BCUT2D eigenvalue weighted by molar-refractivity contribution is 9.10. The van der Waals surface area contributed by atoms with E-state index in [1.54, 1.807) is 4.90 Å². The predicted molar refractivity (Wildman–Crippen MR) is 115 cm³/mol. The Bertz CT molecular complexity index is 837. The van der Waals surface area contributed by atoms with Crippen molar-refractivity contribution in [2.24, 2.45) is 0 Å².